The van der Waals surface area contributed by atoms with E-state index in [1.807, 2.05) is 6.92 Å². The number of carbonyl (C=O) groups excluding carboxylic acids is 1. The largest absolute Gasteiger partial charge is 0.348 e. The summed E-state index contributed by atoms with van der Waals surface area (Å²) >= 11 is 0. The average Bonchev–Trinajstić information content (AvgIpc) is 2.37. The van der Waals surface area contributed by atoms with E-state index < -0.39 is 17.5 Å². The number of rotatable bonds is 6. The van der Waals surface area contributed by atoms with E-state index in [1.165, 1.54) is 12.1 Å². The van der Waals surface area contributed by atoms with Gasteiger partial charge in [-0.25, -0.2) is 8.78 Å². The zero-order chi connectivity index (χ0) is 13.5. The van der Waals surface area contributed by atoms with Crippen molar-refractivity contribution < 1.29 is 13.6 Å². The Morgan fingerprint density at radius 3 is 2.68 bits per heavy atom. The van der Waals surface area contributed by atoms with Crippen LogP contribution in [0.1, 0.15) is 36.5 Å². The SMILES string of the molecule is CCCCC(CN)NC(=O)c1cccc(F)c1F.Cl. The molecule has 0 fully saturated rings. The fraction of sp³-hybridized carbons (Fsp3) is 0.462. The first-order chi connectivity index (χ1) is 8.60. The van der Waals surface area contributed by atoms with Gasteiger partial charge in [0.25, 0.3) is 5.91 Å². The molecule has 108 valence electrons. The predicted molar refractivity (Wildman–Crippen MR) is 73.4 cm³/mol. The van der Waals surface area contributed by atoms with Crippen LogP contribution in [-0.4, -0.2) is 18.5 Å². The van der Waals surface area contributed by atoms with E-state index in [1.54, 1.807) is 0 Å². The molecule has 3 N–H and O–H groups in total. The highest BCUT2D eigenvalue weighted by Crippen LogP contribution is 2.11. The van der Waals surface area contributed by atoms with Crippen LogP contribution >= 0.6 is 12.4 Å². The molecule has 0 aliphatic heterocycles. The van der Waals surface area contributed by atoms with E-state index in [2.05, 4.69) is 5.32 Å². The van der Waals surface area contributed by atoms with Crippen LogP contribution in [0.5, 0.6) is 0 Å². The van der Waals surface area contributed by atoms with Gasteiger partial charge in [-0.15, -0.1) is 12.4 Å². The summed E-state index contributed by atoms with van der Waals surface area (Å²) in [6.45, 7) is 2.31. The average molecular weight is 293 g/mol. The monoisotopic (exact) mass is 292 g/mol. The molecule has 1 unspecified atom stereocenters. The van der Waals surface area contributed by atoms with Gasteiger partial charge < -0.3 is 11.1 Å². The maximum absolute atomic E-state index is 13.4. The van der Waals surface area contributed by atoms with Gasteiger partial charge >= 0.3 is 0 Å². The fourth-order valence-electron chi connectivity index (χ4n) is 1.64. The van der Waals surface area contributed by atoms with Crippen molar-refractivity contribution in [2.45, 2.75) is 32.2 Å². The topological polar surface area (TPSA) is 55.1 Å². The third-order valence-electron chi connectivity index (χ3n) is 2.72. The van der Waals surface area contributed by atoms with Gasteiger partial charge in [0.1, 0.15) is 0 Å². The lowest BCUT2D eigenvalue weighted by molar-refractivity contribution is 0.0930. The lowest BCUT2D eigenvalue weighted by Gasteiger charge is -2.16. The zero-order valence-corrected chi connectivity index (χ0v) is 11.6. The van der Waals surface area contributed by atoms with Gasteiger partial charge in [0.05, 0.1) is 5.56 Å². The molecular weight excluding hydrogens is 274 g/mol. The minimum atomic E-state index is -1.12. The number of benzene rings is 1. The van der Waals surface area contributed by atoms with E-state index in [0.717, 1.165) is 25.3 Å². The molecular formula is C13H19ClF2N2O. The zero-order valence-electron chi connectivity index (χ0n) is 10.8. The molecule has 0 saturated heterocycles. The number of unbranched alkanes of at least 4 members (excludes halogenated alkanes) is 1. The van der Waals surface area contributed by atoms with Gasteiger partial charge in [0.2, 0.25) is 0 Å². The van der Waals surface area contributed by atoms with E-state index in [9.17, 15) is 13.6 Å². The number of amides is 1. The normalized spacial score (nSPS) is 11.6. The first-order valence-electron chi connectivity index (χ1n) is 6.05. The van der Waals surface area contributed by atoms with E-state index in [-0.39, 0.29) is 30.6 Å². The molecule has 0 heterocycles. The Kier molecular flexibility index (Phi) is 8.27. The number of nitrogens with one attached hydrogen (secondary N) is 1. The van der Waals surface area contributed by atoms with Crippen LogP contribution in [-0.2, 0) is 0 Å². The summed E-state index contributed by atoms with van der Waals surface area (Å²) in [5.41, 5.74) is 5.24. The van der Waals surface area contributed by atoms with Crippen LogP contribution in [0.2, 0.25) is 0 Å². The summed E-state index contributed by atoms with van der Waals surface area (Å²) in [7, 11) is 0. The van der Waals surface area contributed by atoms with Crippen molar-refractivity contribution in [3.63, 3.8) is 0 Å². The second-order valence-electron chi connectivity index (χ2n) is 4.15. The Balaban J connectivity index is 0.00000324. The number of hydrogen-bond donors (Lipinski definition) is 2. The molecule has 1 atom stereocenters. The first kappa shape index (κ1) is 17.8. The van der Waals surface area contributed by atoms with Crippen LogP contribution in [0.15, 0.2) is 18.2 Å². The number of carbonyl (C=O) groups is 1. The van der Waals surface area contributed by atoms with Gasteiger partial charge in [-0.05, 0) is 18.6 Å². The Bertz CT molecular complexity index is 416. The molecule has 0 aliphatic rings. The van der Waals surface area contributed by atoms with Crippen molar-refractivity contribution in [1.82, 2.24) is 5.32 Å². The quantitative estimate of drug-likeness (QED) is 0.847. The van der Waals surface area contributed by atoms with E-state index in [4.69, 9.17) is 5.73 Å². The van der Waals surface area contributed by atoms with Crippen molar-refractivity contribution >= 4 is 18.3 Å². The molecule has 1 rings (SSSR count). The molecule has 1 aromatic carbocycles. The van der Waals surface area contributed by atoms with Crippen LogP contribution < -0.4 is 11.1 Å². The molecule has 0 radical (unpaired) electrons. The van der Waals surface area contributed by atoms with Crippen LogP contribution in [0, 0.1) is 11.6 Å². The molecule has 19 heavy (non-hydrogen) atoms. The molecule has 1 aromatic rings. The van der Waals surface area contributed by atoms with Gasteiger partial charge in [0, 0.05) is 12.6 Å². The summed E-state index contributed by atoms with van der Waals surface area (Å²) in [6, 6.07) is 3.32. The Hall–Kier alpha value is -1.20. The summed E-state index contributed by atoms with van der Waals surface area (Å²) in [4.78, 5) is 11.8. The number of nitrogens with two attached hydrogens (primary N) is 1. The predicted octanol–water partition coefficient (Wildman–Crippen LogP) is 2.63. The van der Waals surface area contributed by atoms with Gasteiger partial charge in [-0.2, -0.15) is 0 Å². The third-order valence-corrected chi connectivity index (χ3v) is 2.72. The lowest BCUT2D eigenvalue weighted by Crippen LogP contribution is -2.40. The van der Waals surface area contributed by atoms with Crippen LogP contribution in [0.4, 0.5) is 8.78 Å². The van der Waals surface area contributed by atoms with Gasteiger partial charge in [-0.3, -0.25) is 4.79 Å². The highest BCUT2D eigenvalue weighted by atomic mass is 35.5. The second-order valence-corrected chi connectivity index (χ2v) is 4.15. The maximum Gasteiger partial charge on any atom is 0.254 e. The Morgan fingerprint density at radius 2 is 2.11 bits per heavy atom. The summed E-state index contributed by atoms with van der Waals surface area (Å²) < 4.78 is 26.4. The van der Waals surface area contributed by atoms with Gasteiger partial charge in [-0.1, -0.05) is 25.8 Å². The van der Waals surface area contributed by atoms with Crippen molar-refractivity contribution in [2.75, 3.05) is 6.54 Å². The number of hydrogen-bond acceptors (Lipinski definition) is 2. The van der Waals surface area contributed by atoms with Gasteiger partial charge in [0.15, 0.2) is 11.6 Å². The molecule has 3 nitrogen and oxygen atoms in total. The molecule has 6 heteroatoms. The molecule has 0 bridgehead atoms. The number of halogens is 3. The standard InChI is InChI=1S/C13H18F2N2O.ClH/c1-2-3-5-9(8-16)17-13(18)10-6-4-7-11(14)12(10)15;/h4,6-7,9H,2-3,5,8,16H2,1H3,(H,17,18);1H. The van der Waals surface area contributed by atoms with Crippen molar-refractivity contribution in [3.05, 3.63) is 35.4 Å². The Labute approximate surface area is 118 Å². The summed E-state index contributed by atoms with van der Waals surface area (Å²) in [5, 5.41) is 2.62. The van der Waals surface area contributed by atoms with E-state index >= 15 is 0 Å². The third kappa shape index (κ3) is 5.12. The molecule has 0 aromatic heterocycles. The molecule has 0 spiro atoms. The smallest absolute Gasteiger partial charge is 0.254 e. The maximum atomic E-state index is 13.4. The highest BCUT2D eigenvalue weighted by Gasteiger charge is 2.17. The Morgan fingerprint density at radius 1 is 1.42 bits per heavy atom. The van der Waals surface area contributed by atoms with Crippen molar-refractivity contribution in [3.8, 4) is 0 Å². The molecule has 0 saturated carbocycles. The molecule has 0 aliphatic carbocycles. The van der Waals surface area contributed by atoms with E-state index in [0.29, 0.717) is 0 Å². The summed E-state index contributed by atoms with van der Waals surface area (Å²) in [6.07, 6.45) is 2.64. The summed E-state index contributed by atoms with van der Waals surface area (Å²) in [5.74, 6) is -2.78. The van der Waals surface area contributed by atoms with Crippen LogP contribution in [0.25, 0.3) is 0 Å². The lowest BCUT2D eigenvalue weighted by atomic mass is 10.1. The fourth-order valence-corrected chi connectivity index (χ4v) is 1.64. The second kappa shape index (κ2) is 8.82. The minimum Gasteiger partial charge on any atom is -0.348 e. The molecule has 1 amide bonds. The van der Waals surface area contributed by atoms with Crippen molar-refractivity contribution in [1.29, 1.82) is 0 Å². The first-order valence-corrected chi connectivity index (χ1v) is 6.05. The minimum absolute atomic E-state index is 0. The van der Waals surface area contributed by atoms with Crippen molar-refractivity contribution in [2.24, 2.45) is 5.73 Å². The highest BCUT2D eigenvalue weighted by molar-refractivity contribution is 5.94. The van der Waals surface area contributed by atoms with Crippen LogP contribution in [0.3, 0.4) is 0 Å².